The first-order valence-electron chi connectivity index (χ1n) is 14.3. The summed E-state index contributed by atoms with van der Waals surface area (Å²) in [5.74, 6) is 0.506. The second kappa shape index (κ2) is 16.0. The number of piperazine rings is 1. The number of halogens is 2. The lowest BCUT2D eigenvalue weighted by Crippen LogP contribution is -2.64. The van der Waals surface area contributed by atoms with Crippen molar-refractivity contribution >= 4 is 58.9 Å². The first kappa shape index (κ1) is 36.0. The molecule has 1 saturated heterocycles. The summed E-state index contributed by atoms with van der Waals surface area (Å²) >= 11 is 13.0. The Hall–Kier alpha value is -2.20. The molecule has 2 heterocycles. The number of nitrogens with one attached hydrogen (secondary N) is 2. The number of anilines is 1. The van der Waals surface area contributed by atoms with Crippen LogP contribution in [0.15, 0.2) is 40.5 Å². The van der Waals surface area contributed by atoms with Gasteiger partial charge >= 0.3 is 0 Å². The van der Waals surface area contributed by atoms with Crippen molar-refractivity contribution in [1.82, 2.24) is 20.0 Å². The van der Waals surface area contributed by atoms with E-state index in [-0.39, 0.29) is 17.2 Å². The zero-order valence-corrected chi connectivity index (χ0v) is 28.6. The number of amides is 3. The van der Waals surface area contributed by atoms with E-state index in [4.69, 9.17) is 23.2 Å². The van der Waals surface area contributed by atoms with Crippen LogP contribution in [-0.4, -0.2) is 91.5 Å². The Morgan fingerprint density at radius 2 is 1.83 bits per heavy atom. The molecule has 42 heavy (non-hydrogen) atoms. The maximum Gasteiger partial charge on any atom is 0.257 e. The summed E-state index contributed by atoms with van der Waals surface area (Å²) in [6.45, 7) is 12.8. The summed E-state index contributed by atoms with van der Waals surface area (Å²) in [6, 6.07) is 5.47. The third-order valence-corrected chi connectivity index (χ3v) is 9.30. The fraction of sp³-hybridized carbons (Fsp3) is 0.581. The Balaban J connectivity index is 0.000000518. The van der Waals surface area contributed by atoms with Crippen molar-refractivity contribution in [1.29, 1.82) is 0 Å². The fourth-order valence-electron chi connectivity index (χ4n) is 4.70. The molecule has 234 valence electrons. The molecule has 3 amide bonds. The van der Waals surface area contributed by atoms with E-state index in [1.807, 2.05) is 37.0 Å². The smallest absolute Gasteiger partial charge is 0.257 e. The van der Waals surface area contributed by atoms with Gasteiger partial charge in [0.15, 0.2) is 0 Å². The number of rotatable bonds is 10. The Kier molecular flexibility index (Phi) is 13.7. The highest BCUT2D eigenvalue weighted by molar-refractivity contribution is 8.03. The van der Waals surface area contributed by atoms with Gasteiger partial charge in [-0.1, -0.05) is 62.0 Å². The van der Waals surface area contributed by atoms with E-state index in [9.17, 15) is 14.4 Å². The Morgan fingerprint density at radius 3 is 2.40 bits per heavy atom. The number of hydrogen-bond acceptors (Lipinski definition) is 6. The highest BCUT2D eigenvalue weighted by Crippen LogP contribution is 2.38. The minimum absolute atomic E-state index is 0.0151. The van der Waals surface area contributed by atoms with Gasteiger partial charge in [-0.05, 0) is 71.0 Å². The standard InChI is InChI=1S/C24H40N4O3S.C7H7Cl2N/c1-23(2,3)18-15-19(20(25-17-29)32-16-18)21(30)28-14-13-27(22(31)24(28,4)5)12-10-8-9-11-26(6)7;1-10-6-4-2-3-5(8)7(6)9/h15,17H,8-14,16H2,1-7H3,(H,25,29);2-4,10H,1H3. The van der Waals surface area contributed by atoms with Crippen LogP contribution in [-0.2, 0) is 14.4 Å². The van der Waals surface area contributed by atoms with E-state index in [1.54, 1.807) is 18.0 Å². The van der Waals surface area contributed by atoms with Crippen LogP contribution in [0.4, 0.5) is 5.69 Å². The molecule has 0 radical (unpaired) electrons. The molecule has 2 aliphatic heterocycles. The Morgan fingerprint density at radius 1 is 1.14 bits per heavy atom. The van der Waals surface area contributed by atoms with Crippen molar-refractivity contribution in [2.24, 2.45) is 5.41 Å². The average molecular weight is 641 g/mol. The second-order valence-corrected chi connectivity index (χ2v) is 14.0. The van der Waals surface area contributed by atoms with Crippen molar-refractivity contribution in [2.45, 2.75) is 59.4 Å². The molecule has 2 aliphatic rings. The Labute approximate surface area is 266 Å². The molecule has 0 bridgehead atoms. The number of carbonyl (C=O) groups is 3. The quantitative estimate of drug-likeness (QED) is 0.246. The van der Waals surface area contributed by atoms with Crippen molar-refractivity contribution in [3.8, 4) is 0 Å². The number of thioether (sulfide) groups is 1. The van der Waals surface area contributed by atoms with E-state index >= 15 is 0 Å². The van der Waals surface area contributed by atoms with Gasteiger partial charge in [-0.15, -0.1) is 11.8 Å². The van der Waals surface area contributed by atoms with E-state index in [0.717, 1.165) is 49.4 Å². The highest BCUT2D eigenvalue weighted by atomic mass is 35.5. The normalized spacial score (nSPS) is 17.0. The number of benzene rings is 1. The predicted molar refractivity (Wildman–Crippen MR) is 177 cm³/mol. The molecule has 3 rings (SSSR count). The molecule has 1 fully saturated rings. The first-order valence-corrected chi connectivity index (χ1v) is 16.0. The molecule has 0 spiro atoms. The SMILES string of the molecule is CN(C)CCCCCN1CCN(C(=O)C2=C(NC=O)SCC(C(C)(C)C)=C2)C(C)(C)C1=O.CNc1cccc(Cl)c1Cl. The van der Waals surface area contributed by atoms with Crippen molar-refractivity contribution in [2.75, 3.05) is 58.4 Å². The van der Waals surface area contributed by atoms with Crippen LogP contribution >= 0.6 is 35.0 Å². The molecule has 0 unspecified atom stereocenters. The number of unbranched alkanes of at least 4 members (excludes halogenated alkanes) is 2. The summed E-state index contributed by atoms with van der Waals surface area (Å²) in [7, 11) is 5.94. The lowest BCUT2D eigenvalue weighted by Gasteiger charge is -2.46. The summed E-state index contributed by atoms with van der Waals surface area (Å²) in [5.41, 5.74) is 1.45. The van der Waals surface area contributed by atoms with E-state index in [0.29, 0.717) is 40.1 Å². The predicted octanol–water partition coefficient (Wildman–Crippen LogP) is 5.88. The molecule has 0 atom stereocenters. The van der Waals surface area contributed by atoms with Gasteiger partial charge in [0.25, 0.3) is 5.91 Å². The topological polar surface area (TPSA) is 85.0 Å². The minimum atomic E-state index is -0.934. The molecule has 0 saturated carbocycles. The van der Waals surface area contributed by atoms with Gasteiger partial charge in [0.1, 0.15) is 5.54 Å². The number of nitrogens with zero attached hydrogens (tertiary/aromatic N) is 3. The average Bonchev–Trinajstić information content (AvgIpc) is 2.92. The summed E-state index contributed by atoms with van der Waals surface area (Å²) in [4.78, 5) is 43.8. The van der Waals surface area contributed by atoms with Crippen molar-refractivity contribution < 1.29 is 14.4 Å². The van der Waals surface area contributed by atoms with Crippen LogP contribution in [0.1, 0.15) is 53.9 Å². The van der Waals surface area contributed by atoms with Gasteiger partial charge in [0.2, 0.25) is 12.3 Å². The van der Waals surface area contributed by atoms with Gasteiger partial charge in [-0.3, -0.25) is 14.4 Å². The lowest BCUT2D eigenvalue weighted by atomic mass is 9.86. The molecular weight excluding hydrogens is 593 g/mol. The molecular formula is C31H47Cl2N5O3S. The van der Waals surface area contributed by atoms with Crippen LogP contribution < -0.4 is 10.6 Å². The van der Waals surface area contributed by atoms with Gasteiger partial charge in [0.05, 0.1) is 26.3 Å². The summed E-state index contributed by atoms with van der Waals surface area (Å²) in [6.07, 6.45) is 5.68. The van der Waals surface area contributed by atoms with Crippen LogP contribution in [0.25, 0.3) is 0 Å². The third-order valence-electron chi connectivity index (χ3n) is 7.40. The van der Waals surface area contributed by atoms with Gasteiger partial charge in [-0.2, -0.15) is 0 Å². The van der Waals surface area contributed by atoms with Crippen LogP contribution in [0, 0.1) is 5.41 Å². The van der Waals surface area contributed by atoms with E-state index in [1.165, 1.54) is 11.8 Å². The molecule has 0 aromatic heterocycles. The van der Waals surface area contributed by atoms with E-state index in [2.05, 4.69) is 50.4 Å². The minimum Gasteiger partial charge on any atom is -0.387 e. The van der Waals surface area contributed by atoms with E-state index < -0.39 is 5.54 Å². The monoisotopic (exact) mass is 639 g/mol. The molecule has 8 nitrogen and oxygen atoms in total. The van der Waals surface area contributed by atoms with Crippen molar-refractivity contribution in [3.63, 3.8) is 0 Å². The maximum atomic E-state index is 13.6. The summed E-state index contributed by atoms with van der Waals surface area (Å²) in [5, 5.41) is 7.33. The van der Waals surface area contributed by atoms with Crippen LogP contribution in [0.2, 0.25) is 10.0 Å². The lowest BCUT2D eigenvalue weighted by molar-refractivity contribution is -0.156. The molecule has 1 aromatic rings. The zero-order chi connectivity index (χ0) is 31.7. The van der Waals surface area contributed by atoms with Gasteiger partial charge in [-0.25, -0.2) is 0 Å². The fourth-order valence-corrected chi connectivity index (χ4v) is 6.34. The second-order valence-electron chi connectivity index (χ2n) is 12.2. The summed E-state index contributed by atoms with van der Waals surface area (Å²) < 4.78 is 0. The van der Waals surface area contributed by atoms with Crippen LogP contribution in [0.3, 0.4) is 0 Å². The maximum absolute atomic E-state index is 13.6. The molecule has 11 heteroatoms. The van der Waals surface area contributed by atoms with Crippen LogP contribution in [0.5, 0.6) is 0 Å². The molecule has 2 N–H and O–H groups in total. The van der Waals surface area contributed by atoms with Crippen molar-refractivity contribution in [3.05, 3.63) is 50.5 Å². The largest absolute Gasteiger partial charge is 0.387 e. The highest BCUT2D eigenvalue weighted by Gasteiger charge is 2.45. The van der Waals surface area contributed by atoms with Gasteiger partial charge in [0, 0.05) is 32.4 Å². The molecule has 1 aromatic carbocycles. The number of hydrogen-bond donors (Lipinski definition) is 2. The Bertz CT molecular complexity index is 1180. The van der Waals surface area contributed by atoms with Gasteiger partial charge < -0.3 is 25.3 Å². The number of carbonyl (C=O) groups excluding carboxylic acids is 3. The zero-order valence-electron chi connectivity index (χ0n) is 26.3. The third kappa shape index (κ3) is 9.66. The molecule has 0 aliphatic carbocycles. The first-order chi connectivity index (χ1) is 19.6.